The van der Waals surface area contributed by atoms with Crippen LogP contribution in [0.15, 0.2) is 11.6 Å². The molecule has 4 aliphatic rings. The molecule has 2 N–H and O–H groups in total. The van der Waals surface area contributed by atoms with E-state index in [2.05, 4.69) is 19.9 Å². The second-order valence-corrected chi connectivity index (χ2v) is 8.22. The Kier molecular flexibility index (Phi) is 3.11. The molecule has 2 saturated carbocycles. The zero-order valence-electron chi connectivity index (χ0n) is 14.0. The van der Waals surface area contributed by atoms with Crippen LogP contribution in [-0.2, 0) is 14.3 Å². The lowest BCUT2D eigenvalue weighted by atomic mass is 9.50. The lowest BCUT2D eigenvalue weighted by molar-refractivity contribution is -0.234. The summed E-state index contributed by atoms with van der Waals surface area (Å²) in [7, 11) is 0. The fourth-order valence-electron chi connectivity index (χ4n) is 5.84. The van der Waals surface area contributed by atoms with Crippen LogP contribution in [0.5, 0.6) is 0 Å². The van der Waals surface area contributed by atoms with Crippen LogP contribution in [0.4, 0.5) is 0 Å². The smallest absolute Gasteiger partial charge is 0.302 e. The molecule has 0 unspecified atom stereocenters. The fourth-order valence-corrected chi connectivity index (χ4v) is 5.84. The molecular weight excluding hydrogens is 296 g/mol. The molecule has 0 aromatic carbocycles. The van der Waals surface area contributed by atoms with E-state index in [-0.39, 0.29) is 30.2 Å². The van der Waals surface area contributed by atoms with Gasteiger partial charge in [-0.1, -0.05) is 18.6 Å². The Morgan fingerprint density at radius 2 is 2.09 bits per heavy atom. The summed E-state index contributed by atoms with van der Waals surface area (Å²) in [6.45, 7) is 5.82. The summed E-state index contributed by atoms with van der Waals surface area (Å²) in [5.74, 6) is -0.312. The summed E-state index contributed by atoms with van der Waals surface area (Å²) in [5, 5.41) is 21.6. The summed E-state index contributed by atoms with van der Waals surface area (Å²) in [4.78, 5) is 11.5. The van der Waals surface area contributed by atoms with Crippen LogP contribution < -0.4 is 0 Å². The van der Waals surface area contributed by atoms with Gasteiger partial charge >= 0.3 is 5.97 Å². The Morgan fingerprint density at radius 3 is 2.70 bits per heavy atom. The van der Waals surface area contributed by atoms with E-state index in [9.17, 15) is 15.0 Å². The Hall–Kier alpha value is -0.910. The lowest BCUT2D eigenvalue weighted by Gasteiger charge is -2.59. The molecule has 5 heteroatoms. The van der Waals surface area contributed by atoms with Crippen molar-refractivity contribution < 1.29 is 24.5 Å². The highest BCUT2D eigenvalue weighted by atomic mass is 16.5. The molecule has 0 aromatic heterocycles. The Bertz CT molecular complexity index is 580. The first-order valence-corrected chi connectivity index (χ1v) is 8.61. The highest BCUT2D eigenvalue weighted by molar-refractivity contribution is 5.66. The van der Waals surface area contributed by atoms with E-state index in [1.54, 1.807) is 0 Å². The zero-order chi connectivity index (χ0) is 16.6. The summed E-state index contributed by atoms with van der Waals surface area (Å²) in [6, 6.07) is 0. The standard InChI is InChI=1S/C18H26O5/c1-10-4-5-18(9-22-11(2)19)12(8-10)23-15-13(20)14(21)16(18,3)17(15)6-7-17/h8,12-15,20-21H,4-7,9H2,1-3H3/t12-,13-,14+,15-,16+,18+/m0/s1. The SMILES string of the molecule is CC(=O)OC[C@]12CCC(C)=C[C@@H]1O[C@H]1[C@@H](O)[C@@H](O)[C@]2(C)C12CC2. The third kappa shape index (κ3) is 1.66. The summed E-state index contributed by atoms with van der Waals surface area (Å²) in [5.41, 5.74) is 0.107. The highest BCUT2D eigenvalue weighted by Crippen LogP contribution is 2.78. The molecule has 0 aromatic rings. The first-order valence-electron chi connectivity index (χ1n) is 8.61. The third-order valence-corrected chi connectivity index (χ3v) is 7.40. The average molecular weight is 322 g/mol. The van der Waals surface area contributed by atoms with E-state index in [1.165, 1.54) is 12.5 Å². The van der Waals surface area contributed by atoms with Crippen molar-refractivity contribution >= 4 is 5.97 Å². The van der Waals surface area contributed by atoms with Crippen LogP contribution in [0, 0.1) is 16.2 Å². The molecule has 1 saturated heterocycles. The van der Waals surface area contributed by atoms with Gasteiger partial charge in [0.25, 0.3) is 0 Å². The van der Waals surface area contributed by atoms with E-state index in [4.69, 9.17) is 9.47 Å². The summed E-state index contributed by atoms with van der Waals surface area (Å²) >= 11 is 0. The van der Waals surface area contributed by atoms with Gasteiger partial charge in [0.15, 0.2) is 0 Å². The monoisotopic (exact) mass is 322 g/mol. The number of aliphatic hydroxyl groups excluding tert-OH is 2. The number of aliphatic hydroxyl groups is 2. The molecule has 0 radical (unpaired) electrons. The maximum Gasteiger partial charge on any atom is 0.302 e. The summed E-state index contributed by atoms with van der Waals surface area (Å²) < 4.78 is 11.8. The number of esters is 1. The molecule has 4 rings (SSSR count). The number of hydrogen-bond donors (Lipinski definition) is 2. The minimum atomic E-state index is -0.865. The van der Waals surface area contributed by atoms with Gasteiger partial charge < -0.3 is 19.7 Å². The third-order valence-electron chi connectivity index (χ3n) is 7.40. The topological polar surface area (TPSA) is 76.0 Å². The largest absolute Gasteiger partial charge is 0.465 e. The fraction of sp³-hybridized carbons (Fsp3) is 0.833. The maximum atomic E-state index is 11.5. The van der Waals surface area contributed by atoms with Gasteiger partial charge in [-0.15, -0.1) is 0 Å². The molecule has 2 bridgehead atoms. The van der Waals surface area contributed by atoms with Gasteiger partial charge in [-0.25, -0.2) is 0 Å². The van der Waals surface area contributed by atoms with E-state index in [0.717, 1.165) is 25.7 Å². The van der Waals surface area contributed by atoms with Crippen molar-refractivity contribution in [1.82, 2.24) is 0 Å². The van der Waals surface area contributed by atoms with Gasteiger partial charge in [-0.05, 0) is 32.6 Å². The second-order valence-electron chi connectivity index (χ2n) is 8.22. The van der Waals surface area contributed by atoms with Gasteiger partial charge in [0.05, 0.1) is 18.3 Å². The van der Waals surface area contributed by atoms with E-state index in [1.807, 2.05) is 0 Å². The van der Waals surface area contributed by atoms with Gasteiger partial charge in [0.1, 0.15) is 12.7 Å². The molecule has 5 nitrogen and oxygen atoms in total. The Labute approximate surface area is 136 Å². The average Bonchev–Trinajstić information content (AvgIpc) is 3.28. The zero-order valence-corrected chi connectivity index (χ0v) is 14.0. The lowest BCUT2D eigenvalue weighted by Crippen LogP contribution is -2.63. The van der Waals surface area contributed by atoms with E-state index >= 15 is 0 Å². The molecule has 1 spiro atoms. The number of fused-ring (bicyclic) bond motifs is 2. The molecule has 6 atom stereocenters. The molecule has 1 heterocycles. The predicted octanol–water partition coefficient (Wildman–Crippen LogP) is 1.57. The Morgan fingerprint density at radius 1 is 1.39 bits per heavy atom. The van der Waals surface area contributed by atoms with Crippen molar-refractivity contribution in [3.8, 4) is 0 Å². The van der Waals surface area contributed by atoms with Crippen molar-refractivity contribution in [1.29, 1.82) is 0 Å². The van der Waals surface area contributed by atoms with E-state index in [0.29, 0.717) is 0 Å². The number of carbonyl (C=O) groups is 1. The first kappa shape index (κ1) is 15.6. The number of allylic oxidation sites excluding steroid dienone is 1. The van der Waals surface area contributed by atoms with Crippen molar-refractivity contribution in [2.24, 2.45) is 16.2 Å². The predicted molar refractivity (Wildman–Crippen MR) is 82.5 cm³/mol. The van der Waals surface area contributed by atoms with Crippen molar-refractivity contribution in [2.45, 2.75) is 70.9 Å². The molecule has 128 valence electrons. The summed E-state index contributed by atoms with van der Waals surface area (Å²) in [6.07, 6.45) is 3.49. The minimum absolute atomic E-state index is 0.179. The van der Waals surface area contributed by atoms with Gasteiger partial charge in [-0.2, -0.15) is 0 Å². The first-order chi connectivity index (χ1) is 10.8. The Balaban J connectivity index is 1.85. The van der Waals surface area contributed by atoms with Crippen LogP contribution in [0.25, 0.3) is 0 Å². The molecular formula is C18H26O5. The van der Waals surface area contributed by atoms with Crippen LogP contribution >= 0.6 is 0 Å². The van der Waals surface area contributed by atoms with Gasteiger partial charge in [0.2, 0.25) is 0 Å². The number of hydrogen-bond acceptors (Lipinski definition) is 5. The molecule has 23 heavy (non-hydrogen) atoms. The van der Waals surface area contributed by atoms with Gasteiger partial charge in [0, 0.05) is 23.2 Å². The second kappa shape index (κ2) is 4.58. The molecule has 3 fully saturated rings. The van der Waals surface area contributed by atoms with Crippen molar-refractivity contribution in [3.05, 3.63) is 11.6 Å². The number of rotatable bonds is 2. The van der Waals surface area contributed by atoms with Gasteiger partial charge in [-0.3, -0.25) is 4.79 Å². The normalized spacial score (nSPS) is 49.5. The maximum absolute atomic E-state index is 11.5. The van der Waals surface area contributed by atoms with Crippen LogP contribution in [0.3, 0.4) is 0 Å². The molecule has 0 amide bonds. The molecule has 1 aliphatic heterocycles. The van der Waals surface area contributed by atoms with Crippen LogP contribution in [0.1, 0.15) is 46.5 Å². The highest BCUT2D eigenvalue weighted by Gasteiger charge is 2.82. The number of carbonyl (C=O) groups excluding carboxylic acids is 1. The quantitative estimate of drug-likeness (QED) is 0.596. The minimum Gasteiger partial charge on any atom is -0.465 e. The van der Waals surface area contributed by atoms with Crippen LogP contribution in [0.2, 0.25) is 0 Å². The van der Waals surface area contributed by atoms with Crippen molar-refractivity contribution in [2.75, 3.05) is 6.61 Å². The van der Waals surface area contributed by atoms with Crippen LogP contribution in [-0.4, -0.2) is 47.2 Å². The number of ether oxygens (including phenoxy) is 2. The van der Waals surface area contributed by atoms with E-state index < -0.39 is 23.0 Å². The molecule has 3 aliphatic carbocycles. The van der Waals surface area contributed by atoms with Crippen molar-refractivity contribution in [3.63, 3.8) is 0 Å².